The van der Waals surface area contributed by atoms with Crippen LogP contribution in [0, 0.1) is 12.8 Å². The van der Waals surface area contributed by atoms with Gasteiger partial charge in [-0.3, -0.25) is 0 Å². The average molecular weight is 573 g/mol. The standard InChI is InChI=1S/C19H16F2O2.C9H14O.2C2H6.2CH2O/c1-12-3-5-13(6-4-12)9-14-7-8-17-15(10-14)16(19(2,20)21)11-18(22)23-17;1-3-8-4-6-9(10-2)7-5-8;4*1-2/h3-8,10-11H,9H2,1-2H3;4,6-8H,3,5H2,1-2H3;2*1-2H3;2*1H2. The second-order valence-electron chi connectivity index (χ2n) is 8.43. The SMILES string of the molecule is C=O.C=O.CC.CC.CCC1C=CC(OC)=CC1.Cc1ccc(Cc2ccc3oc(=O)cc(C(C)(F)F)c3c2)cc1. The van der Waals surface area contributed by atoms with E-state index in [1.165, 1.54) is 12.0 Å². The van der Waals surface area contributed by atoms with E-state index in [9.17, 15) is 13.6 Å². The van der Waals surface area contributed by atoms with Crippen LogP contribution >= 0.6 is 0 Å². The van der Waals surface area contributed by atoms with Crippen LogP contribution in [0.3, 0.4) is 0 Å². The summed E-state index contributed by atoms with van der Waals surface area (Å²) in [5.74, 6) is -1.36. The molecule has 5 nitrogen and oxygen atoms in total. The fourth-order valence-electron chi connectivity index (χ4n) is 3.72. The molecule has 1 aliphatic carbocycles. The number of carbonyl (C=O) groups is 2. The second kappa shape index (κ2) is 21.9. The van der Waals surface area contributed by atoms with Crippen LogP contribution in [0.25, 0.3) is 11.0 Å². The molecule has 0 fully saturated rings. The van der Waals surface area contributed by atoms with Gasteiger partial charge in [0.25, 0.3) is 5.92 Å². The Morgan fingerprint density at radius 2 is 1.51 bits per heavy atom. The topological polar surface area (TPSA) is 73.6 Å². The van der Waals surface area contributed by atoms with Crippen LogP contribution in [0.4, 0.5) is 8.78 Å². The maximum atomic E-state index is 13.8. The van der Waals surface area contributed by atoms with Crippen molar-refractivity contribution in [2.24, 2.45) is 5.92 Å². The summed E-state index contributed by atoms with van der Waals surface area (Å²) in [6, 6.07) is 14.0. The Kier molecular flexibility index (Phi) is 21.0. The zero-order valence-electron chi connectivity index (χ0n) is 25.8. The van der Waals surface area contributed by atoms with Gasteiger partial charge < -0.3 is 18.7 Å². The normalized spacial score (nSPS) is 13.0. The zero-order valence-corrected chi connectivity index (χ0v) is 25.8. The molecule has 7 heteroatoms. The number of carbonyl (C=O) groups excluding carboxylic acids is 2. The first-order valence-corrected chi connectivity index (χ1v) is 13.7. The molecule has 0 saturated heterocycles. The van der Waals surface area contributed by atoms with E-state index >= 15 is 0 Å². The summed E-state index contributed by atoms with van der Waals surface area (Å²) in [4.78, 5) is 27.5. The molecule has 1 aliphatic rings. The van der Waals surface area contributed by atoms with E-state index < -0.39 is 11.5 Å². The van der Waals surface area contributed by atoms with Crippen LogP contribution in [0.1, 0.15) is 76.6 Å². The summed E-state index contributed by atoms with van der Waals surface area (Å²) in [7, 11) is 1.71. The van der Waals surface area contributed by atoms with Crippen molar-refractivity contribution in [2.45, 2.75) is 73.7 Å². The third-order valence-electron chi connectivity index (χ3n) is 5.72. The molecular formula is C34H46F2O5. The van der Waals surface area contributed by atoms with Gasteiger partial charge in [-0.2, -0.15) is 0 Å². The third kappa shape index (κ3) is 13.8. The number of aryl methyl sites for hydroxylation is 1. The molecular weight excluding hydrogens is 526 g/mol. The van der Waals surface area contributed by atoms with Gasteiger partial charge in [-0.15, -0.1) is 0 Å². The Labute approximate surface area is 243 Å². The highest BCUT2D eigenvalue weighted by atomic mass is 19.3. The molecule has 1 unspecified atom stereocenters. The summed E-state index contributed by atoms with van der Waals surface area (Å²) in [6.07, 6.45) is 9.41. The number of alkyl halides is 2. The lowest BCUT2D eigenvalue weighted by atomic mass is 9.98. The van der Waals surface area contributed by atoms with Gasteiger partial charge in [0.05, 0.1) is 7.11 Å². The van der Waals surface area contributed by atoms with E-state index in [-0.39, 0.29) is 16.5 Å². The molecule has 0 radical (unpaired) electrons. The lowest BCUT2D eigenvalue weighted by Crippen LogP contribution is -2.12. The predicted molar refractivity (Wildman–Crippen MR) is 166 cm³/mol. The Hall–Kier alpha value is -3.87. The molecule has 0 aliphatic heterocycles. The molecule has 0 spiro atoms. The minimum absolute atomic E-state index is 0.182. The number of benzene rings is 2. The molecule has 0 bridgehead atoms. The quantitative estimate of drug-likeness (QED) is 0.285. The maximum absolute atomic E-state index is 13.8. The Morgan fingerprint density at radius 1 is 0.951 bits per heavy atom. The second-order valence-corrected chi connectivity index (χ2v) is 8.43. The number of methoxy groups -OCH3 is 1. The number of ether oxygens (including phenoxy) is 1. The zero-order chi connectivity index (χ0) is 32.0. The number of hydrogen-bond donors (Lipinski definition) is 0. The van der Waals surface area contributed by atoms with Crippen molar-refractivity contribution in [2.75, 3.05) is 7.11 Å². The maximum Gasteiger partial charge on any atom is 0.336 e. The lowest BCUT2D eigenvalue weighted by Gasteiger charge is -2.13. The van der Waals surface area contributed by atoms with Gasteiger partial charge in [-0.05, 0) is 67.5 Å². The minimum atomic E-state index is -3.10. The van der Waals surface area contributed by atoms with Crippen molar-refractivity contribution in [1.82, 2.24) is 0 Å². The van der Waals surface area contributed by atoms with E-state index in [2.05, 4.69) is 25.2 Å². The minimum Gasteiger partial charge on any atom is -0.497 e. The molecule has 1 aromatic heterocycles. The van der Waals surface area contributed by atoms with Crippen LogP contribution in [0.15, 0.2) is 81.7 Å². The highest BCUT2D eigenvalue weighted by Crippen LogP contribution is 2.32. The van der Waals surface area contributed by atoms with E-state index in [1.807, 2.05) is 72.5 Å². The summed E-state index contributed by atoms with van der Waals surface area (Å²) >= 11 is 0. The lowest BCUT2D eigenvalue weighted by molar-refractivity contribution is -0.0987. The third-order valence-corrected chi connectivity index (χ3v) is 5.72. The van der Waals surface area contributed by atoms with Gasteiger partial charge in [0.15, 0.2) is 0 Å². The van der Waals surface area contributed by atoms with Crippen LogP contribution in [-0.2, 0) is 26.7 Å². The highest BCUT2D eigenvalue weighted by molar-refractivity contribution is 5.81. The van der Waals surface area contributed by atoms with Crippen LogP contribution in [0.2, 0.25) is 0 Å². The average Bonchev–Trinajstić information content (AvgIpc) is 3.02. The molecule has 0 amide bonds. The summed E-state index contributed by atoms with van der Waals surface area (Å²) < 4.78 is 37.7. The van der Waals surface area contributed by atoms with Crippen molar-refractivity contribution >= 4 is 24.5 Å². The number of allylic oxidation sites excluding steroid dienone is 3. The first-order valence-electron chi connectivity index (χ1n) is 13.7. The number of halogens is 2. The molecule has 41 heavy (non-hydrogen) atoms. The molecule has 1 heterocycles. The number of fused-ring (bicyclic) bond motifs is 1. The van der Waals surface area contributed by atoms with Crippen molar-refractivity contribution in [3.05, 3.63) is 105 Å². The summed E-state index contributed by atoms with van der Waals surface area (Å²) in [5.41, 5.74) is 2.27. The van der Waals surface area contributed by atoms with Gasteiger partial charge in [-0.25, -0.2) is 13.6 Å². The summed E-state index contributed by atoms with van der Waals surface area (Å²) in [6.45, 7) is 17.0. The molecule has 1 atom stereocenters. The molecule has 0 N–H and O–H groups in total. The Morgan fingerprint density at radius 3 is 1.98 bits per heavy atom. The smallest absolute Gasteiger partial charge is 0.336 e. The fourth-order valence-corrected chi connectivity index (χ4v) is 3.72. The number of hydrogen-bond acceptors (Lipinski definition) is 5. The van der Waals surface area contributed by atoms with Crippen molar-refractivity contribution < 1.29 is 27.5 Å². The summed E-state index contributed by atoms with van der Waals surface area (Å²) in [5, 5.41) is 0.279. The van der Waals surface area contributed by atoms with E-state index in [4.69, 9.17) is 18.7 Å². The predicted octanol–water partition coefficient (Wildman–Crippen LogP) is 8.99. The first-order chi connectivity index (χ1) is 19.7. The highest BCUT2D eigenvalue weighted by Gasteiger charge is 2.28. The molecule has 3 aromatic rings. The largest absolute Gasteiger partial charge is 0.497 e. The van der Waals surface area contributed by atoms with E-state index in [1.54, 1.807) is 25.3 Å². The molecule has 4 rings (SSSR count). The van der Waals surface area contributed by atoms with Crippen LogP contribution in [0.5, 0.6) is 0 Å². The van der Waals surface area contributed by atoms with Gasteiger partial charge in [0.2, 0.25) is 0 Å². The monoisotopic (exact) mass is 572 g/mol. The van der Waals surface area contributed by atoms with Gasteiger partial charge in [0.1, 0.15) is 24.9 Å². The van der Waals surface area contributed by atoms with Crippen LogP contribution < -0.4 is 5.63 Å². The van der Waals surface area contributed by atoms with Crippen LogP contribution in [-0.4, -0.2) is 20.7 Å². The molecule has 2 aromatic carbocycles. The Bertz CT molecular complexity index is 1240. The number of rotatable bonds is 5. The van der Waals surface area contributed by atoms with Gasteiger partial charge >= 0.3 is 5.63 Å². The van der Waals surface area contributed by atoms with E-state index in [0.717, 1.165) is 42.2 Å². The van der Waals surface area contributed by atoms with Crippen molar-refractivity contribution in [3.8, 4) is 0 Å². The Balaban J connectivity index is 0. The van der Waals surface area contributed by atoms with Gasteiger partial charge in [-0.1, -0.05) is 76.6 Å². The molecule has 0 saturated carbocycles. The van der Waals surface area contributed by atoms with Crippen molar-refractivity contribution in [1.29, 1.82) is 0 Å². The first kappa shape index (κ1) is 39.3. The molecule has 226 valence electrons. The van der Waals surface area contributed by atoms with E-state index in [0.29, 0.717) is 6.42 Å². The van der Waals surface area contributed by atoms with Crippen molar-refractivity contribution in [3.63, 3.8) is 0 Å². The van der Waals surface area contributed by atoms with Gasteiger partial charge in [0, 0.05) is 23.9 Å². The fraction of sp³-hybridized carbons (Fsp3) is 0.382.